The highest BCUT2D eigenvalue weighted by Crippen LogP contribution is 2.26. The number of hydrogen-bond donors (Lipinski definition) is 2. The monoisotopic (exact) mass is 334 g/mol. The zero-order valence-corrected chi connectivity index (χ0v) is 13.9. The molecule has 1 rings (SSSR count). The minimum absolute atomic E-state index is 0.0941. The van der Waals surface area contributed by atoms with Gasteiger partial charge >= 0.3 is 0 Å². The first kappa shape index (κ1) is 18.6. The summed E-state index contributed by atoms with van der Waals surface area (Å²) in [7, 11) is 0. The second kappa shape index (κ2) is 10.3. The van der Waals surface area contributed by atoms with Crippen LogP contribution in [0.2, 0.25) is 0 Å². The smallest absolute Gasteiger partial charge is 0.240 e. The molecule has 0 spiro atoms. The van der Waals surface area contributed by atoms with Crippen molar-refractivity contribution in [3.8, 4) is 0 Å². The van der Waals surface area contributed by atoms with Crippen LogP contribution in [0.4, 0.5) is 0 Å². The summed E-state index contributed by atoms with van der Waals surface area (Å²) < 4.78 is 0. The second-order valence-electron chi connectivity index (χ2n) is 5.24. The molecule has 0 aliphatic carbocycles. The van der Waals surface area contributed by atoms with Crippen LogP contribution >= 0.6 is 23.4 Å². The van der Waals surface area contributed by atoms with Gasteiger partial charge in [-0.2, -0.15) is 11.8 Å². The number of thioether (sulfide) groups is 1. The number of carbonyl (C=O) groups excluding carboxylic acids is 2. The van der Waals surface area contributed by atoms with Gasteiger partial charge in [-0.1, -0.05) is 0 Å². The van der Waals surface area contributed by atoms with E-state index in [2.05, 4.69) is 0 Å². The Kier molecular flexibility index (Phi) is 9.11. The van der Waals surface area contributed by atoms with Crippen LogP contribution in [-0.4, -0.2) is 53.2 Å². The number of hydrogen-bond acceptors (Lipinski definition) is 4. The van der Waals surface area contributed by atoms with Gasteiger partial charge in [0.05, 0.1) is 6.42 Å². The van der Waals surface area contributed by atoms with Crippen LogP contribution in [0.15, 0.2) is 0 Å². The molecule has 1 aliphatic heterocycles. The van der Waals surface area contributed by atoms with Crippen molar-refractivity contribution in [2.75, 3.05) is 30.5 Å². The molecule has 1 heterocycles. The van der Waals surface area contributed by atoms with Crippen molar-refractivity contribution >= 4 is 35.2 Å². The summed E-state index contributed by atoms with van der Waals surface area (Å²) in [6.45, 7) is 1.25. The Bertz CT molecular complexity index is 344. The number of carbonyl (C=O) groups is 2. The highest BCUT2D eigenvalue weighted by Gasteiger charge is 2.34. The third-order valence-corrected chi connectivity index (χ3v) is 4.91. The number of nitrogens with two attached hydrogens (primary N) is 2. The van der Waals surface area contributed by atoms with E-state index in [0.717, 1.165) is 25.0 Å². The number of piperidine rings is 1. The molecular weight excluding hydrogens is 310 g/mol. The van der Waals surface area contributed by atoms with Crippen LogP contribution in [0.5, 0.6) is 0 Å². The molecule has 2 amide bonds. The second-order valence-corrected chi connectivity index (χ2v) is 6.77. The van der Waals surface area contributed by atoms with Crippen molar-refractivity contribution in [2.24, 2.45) is 17.4 Å². The molecule has 21 heavy (non-hydrogen) atoms. The van der Waals surface area contributed by atoms with Gasteiger partial charge in [-0.25, -0.2) is 0 Å². The van der Waals surface area contributed by atoms with E-state index >= 15 is 0 Å². The maximum atomic E-state index is 12.2. The topological polar surface area (TPSA) is 89.4 Å². The molecular formula is C14H25ClN3O2S. The highest BCUT2D eigenvalue weighted by molar-refractivity contribution is 7.99. The zero-order valence-electron chi connectivity index (χ0n) is 12.3. The van der Waals surface area contributed by atoms with E-state index < -0.39 is 11.9 Å². The lowest BCUT2D eigenvalue weighted by Crippen LogP contribution is -2.52. The fourth-order valence-electron chi connectivity index (χ4n) is 2.50. The summed E-state index contributed by atoms with van der Waals surface area (Å²) in [5.41, 5.74) is 10.9. The minimum atomic E-state index is -0.496. The molecule has 0 aromatic rings. The van der Waals surface area contributed by atoms with Crippen LogP contribution in [0.3, 0.4) is 0 Å². The van der Waals surface area contributed by atoms with Gasteiger partial charge in [-0.15, -0.1) is 11.6 Å². The van der Waals surface area contributed by atoms with Crippen LogP contribution in [0.25, 0.3) is 0 Å². The third kappa shape index (κ3) is 6.45. The lowest BCUT2D eigenvalue weighted by atomic mass is 9.88. The van der Waals surface area contributed by atoms with Gasteiger partial charge in [0, 0.05) is 18.2 Å². The van der Waals surface area contributed by atoms with Crippen molar-refractivity contribution < 1.29 is 9.59 Å². The molecule has 1 fully saturated rings. The number of primary amides is 1. The largest absolute Gasteiger partial charge is 0.368 e. The predicted molar refractivity (Wildman–Crippen MR) is 88.1 cm³/mol. The first-order valence-corrected chi connectivity index (χ1v) is 9.06. The molecule has 5 nitrogen and oxygen atoms in total. The van der Waals surface area contributed by atoms with Gasteiger partial charge in [0.1, 0.15) is 6.04 Å². The molecule has 2 unspecified atom stereocenters. The van der Waals surface area contributed by atoms with E-state index in [0.29, 0.717) is 37.1 Å². The van der Waals surface area contributed by atoms with E-state index in [1.807, 2.05) is 0 Å². The lowest BCUT2D eigenvalue weighted by molar-refractivity contribution is -0.139. The van der Waals surface area contributed by atoms with Crippen LogP contribution in [-0.2, 0) is 9.59 Å². The Morgan fingerprint density at radius 3 is 2.81 bits per heavy atom. The van der Waals surface area contributed by atoms with Crippen LogP contribution < -0.4 is 11.5 Å². The molecule has 1 saturated heterocycles. The van der Waals surface area contributed by atoms with E-state index in [9.17, 15) is 9.59 Å². The lowest BCUT2D eigenvalue weighted by Gasteiger charge is -2.37. The van der Waals surface area contributed by atoms with Crippen molar-refractivity contribution in [1.29, 1.82) is 0 Å². The molecule has 0 saturated carbocycles. The summed E-state index contributed by atoms with van der Waals surface area (Å²) in [6.07, 6.45) is 4.96. The Morgan fingerprint density at radius 1 is 1.43 bits per heavy atom. The molecule has 1 aliphatic rings. The molecule has 4 N–H and O–H groups in total. The quantitative estimate of drug-likeness (QED) is 0.486. The van der Waals surface area contributed by atoms with Gasteiger partial charge in [-0.05, 0) is 43.9 Å². The van der Waals surface area contributed by atoms with Crippen LogP contribution in [0, 0.1) is 12.3 Å². The maximum Gasteiger partial charge on any atom is 0.240 e. The normalized spacial score (nSPS) is 22.3. The van der Waals surface area contributed by atoms with Gasteiger partial charge < -0.3 is 16.4 Å². The molecule has 1 radical (unpaired) electrons. The molecule has 2 atom stereocenters. The fourth-order valence-corrected chi connectivity index (χ4v) is 3.61. The number of nitrogens with zero attached hydrogens (tertiary/aromatic N) is 1. The van der Waals surface area contributed by atoms with Gasteiger partial charge in [-0.3, -0.25) is 9.59 Å². The first-order chi connectivity index (χ1) is 10.1. The fraction of sp³-hybridized carbons (Fsp3) is 0.786. The van der Waals surface area contributed by atoms with Crippen LogP contribution in [0.1, 0.15) is 25.7 Å². The van der Waals surface area contributed by atoms with Crippen molar-refractivity contribution in [2.45, 2.75) is 31.7 Å². The van der Waals surface area contributed by atoms with Crippen molar-refractivity contribution in [3.05, 3.63) is 6.42 Å². The number of alkyl halides is 1. The Balaban J connectivity index is 2.43. The van der Waals surface area contributed by atoms with E-state index in [1.54, 1.807) is 23.1 Å². The number of amides is 2. The average Bonchev–Trinajstić information content (AvgIpc) is 2.47. The highest BCUT2D eigenvalue weighted by atomic mass is 35.5. The SMILES string of the molecule is NCCCSC[CH]C(=O)N1CCC(CCCl)CC1C(N)=O. The molecule has 0 aromatic heterocycles. The summed E-state index contributed by atoms with van der Waals surface area (Å²) in [6, 6.07) is -0.496. The minimum Gasteiger partial charge on any atom is -0.368 e. The Hall–Kier alpha value is -0.460. The summed E-state index contributed by atoms with van der Waals surface area (Å²) in [5, 5.41) is 0. The molecule has 121 valence electrons. The maximum absolute atomic E-state index is 12.2. The zero-order chi connectivity index (χ0) is 15.7. The third-order valence-electron chi connectivity index (χ3n) is 3.71. The number of halogens is 1. The van der Waals surface area contributed by atoms with E-state index in [1.165, 1.54) is 0 Å². The number of likely N-dealkylation sites (tertiary alicyclic amines) is 1. The molecule has 7 heteroatoms. The predicted octanol–water partition coefficient (Wildman–Crippen LogP) is 0.994. The summed E-state index contributed by atoms with van der Waals surface area (Å²) >= 11 is 7.43. The van der Waals surface area contributed by atoms with E-state index in [4.69, 9.17) is 23.1 Å². The first-order valence-electron chi connectivity index (χ1n) is 7.37. The molecule has 0 bridgehead atoms. The van der Waals surface area contributed by atoms with Gasteiger partial charge in [0.25, 0.3) is 0 Å². The van der Waals surface area contributed by atoms with Crippen molar-refractivity contribution in [1.82, 2.24) is 4.90 Å². The van der Waals surface area contributed by atoms with Gasteiger partial charge in [0.2, 0.25) is 11.8 Å². The average molecular weight is 335 g/mol. The standard InChI is InChI=1S/C14H25ClN3O2S/c15-5-2-11-3-7-18(12(10-11)14(17)20)13(19)4-9-21-8-1-6-16/h4,11-12H,1-3,5-10,16H2,(H2,17,20). The number of rotatable bonds is 9. The summed E-state index contributed by atoms with van der Waals surface area (Å²) in [4.78, 5) is 25.4. The van der Waals surface area contributed by atoms with Crippen molar-refractivity contribution in [3.63, 3.8) is 0 Å². The van der Waals surface area contributed by atoms with Gasteiger partial charge in [0.15, 0.2) is 0 Å². The van der Waals surface area contributed by atoms with E-state index in [-0.39, 0.29) is 5.91 Å². The molecule has 0 aromatic carbocycles. The Labute approximate surface area is 136 Å². The Morgan fingerprint density at radius 2 is 2.19 bits per heavy atom. The summed E-state index contributed by atoms with van der Waals surface area (Å²) in [5.74, 6) is 2.02.